The van der Waals surface area contributed by atoms with E-state index in [0.29, 0.717) is 6.04 Å². The molecule has 2 aromatic heterocycles. The van der Waals surface area contributed by atoms with Crippen LogP contribution in [0.25, 0.3) is 0 Å². The molecular weight excluding hydrogens is 242 g/mol. The normalized spacial score (nSPS) is 13.2. The van der Waals surface area contributed by atoms with Gasteiger partial charge in [0.25, 0.3) is 0 Å². The number of hydrogen-bond donors (Lipinski definition) is 1. The van der Waals surface area contributed by atoms with Crippen molar-refractivity contribution in [1.82, 2.24) is 15.1 Å². The average Bonchev–Trinajstić information content (AvgIpc) is 2.89. The summed E-state index contributed by atoms with van der Waals surface area (Å²) >= 11 is 1.86. The van der Waals surface area contributed by atoms with Crippen LogP contribution in [0.2, 0.25) is 0 Å². The molecule has 0 saturated carbocycles. The highest BCUT2D eigenvalue weighted by Crippen LogP contribution is 2.31. The van der Waals surface area contributed by atoms with Gasteiger partial charge in [0.15, 0.2) is 0 Å². The Bertz CT molecular complexity index is 505. The van der Waals surface area contributed by atoms with Crippen LogP contribution < -0.4 is 5.32 Å². The molecule has 1 atom stereocenters. The Morgan fingerprint density at radius 2 is 2.06 bits per heavy atom. The van der Waals surface area contributed by atoms with Gasteiger partial charge in [0.2, 0.25) is 0 Å². The maximum absolute atomic E-state index is 4.42. The zero-order valence-electron chi connectivity index (χ0n) is 11.7. The van der Waals surface area contributed by atoms with Gasteiger partial charge in [-0.15, -0.1) is 11.3 Å². The molecule has 0 aliphatic carbocycles. The second-order valence-electron chi connectivity index (χ2n) is 4.90. The molecule has 4 heteroatoms. The molecular formula is C14H21N3S. The summed E-state index contributed by atoms with van der Waals surface area (Å²) in [7, 11) is 2.01. The van der Waals surface area contributed by atoms with Crippen molar-refractivity contribution >= 4 is 11.3 Å². The molecule has 0 fully saturated rings. The van der Waals surface area contributed by atoms with Crippen molar-refractivity contribution in [3.8, 4) is 0 Å². The minimum atomic E-state index is 0.229. The molecule has 1 N–H and O–H groups in total. The van der Waals surface area contributed by atoms with E-state index in [1.54, 1.807) is 0 Å². The van der Waals surface area contributed by atoms with Crippen molar-refractivity contribution in [2.24, 2.45) is 0 Å². The predicted octanol–water partition coefficient (Wildman–Crippen LogP) is 3.45. The number of aromatic nitrogens is 2. The van der Waals surface area contributed by atoms with E-state index >= 15 is 0 Å². The molecule has 98 valence electrons. The van der Waals surface area contributed by atoms with Gasteiger partial charge in [-0.2, -0.15) is 5.10 Å². The molecule has 0 aliphatic rings. The number of hydrogen-bond acceptors (Lipinski definition) is 3. The van der Waals surface area contributed by atoms with E-state index in [1.165, 1.54) is 21.0 Å². The van der Waals surface area contributed by atoms with E-state index < -0.39 is 0 Å². The van der Waals surface area contributed by atoms with Gasteiger partial charge in [-0.05, 0) is 52.4 Å². The van der Waals surface area contributed by atoms with Crippen LogP contribution in [0, 0.1) is 13.8 Å². The predicted molar refractivity (Wildman–Crippen MR) is 77.3 cm³/mol. The number of aryl methyl sites for hydroxylation is 2. The summed E-state index contributed by atoms with van der Waals surface area (Å²) in [6, 6.07) is 4.99. The Balaban J connectivity index is 2.42. The largest absolute Gasteiger partial charge is 0.307 e. The van der Waals surface area contributed by atoms with Crippen molar-refractivity contribution < 1.29 is 0 Å². The molecule has 0 saturated heterocycles. The molecule has 0 bridgehead atoms. The first-order chi connectivity index (χ1) is 8.54. The van der Waals surface area contributed by atoms with Crippen LogP contribution in [0.3, 0.4) is 0 Å². The molecule has 0 spiro atoms. The highest BCUT2D eigenvalue weighted by atomic mass is 32.1. The zero-order chi connectivity index (χ0) is 13.3. The van der Waals surface area contributed by atoms with Gasteiger partial charge in [-0.3, -0.25) is 4.68 Å². The number of nitrogens with zero attached hydrogens (tertiary/aromatic N) is 2. The first kappa shape index (κ1) is 13.3. The second kappa shape index (κ2) is 5.24. The summed E-state index contributed by atoms with van der Waals surface area (Å²) in [4.78, 5) is 2.75. The monoisotopic (exact) mass is 263 g/mol. The van der Waals surface area contributed by atoms with Gasteiger partial charge in [0.05, 0.1) is 11.7 Å². The first-order valence-electron chi connectivity index (χ1n) is 6.32. The van der Waals surface area contributed by atoms with Crippen LogP contribution in [0.15, 0.2) is 18.3 Å². The molecule has 0 radical (unpaired) electrons. The van der Waals surface area contributed by atoms with Gasteiger partial charge >= 0.3 is 0 Å². The molecule has 1 unspecified atom stereocenters. The van der Waals surface area contributed by atoms with Gasteiger partial charge < -0.3 is 5.32 Å². The quantitative estimate of drug-likeness (QED) is 0.915. The Morgan fingerprint density at radius 1 is 1.33 bits per heavy atom. The Morgan fingerprint density at radius 3 is 2.56 bits per heavy atom. The van der Waals surface area contributed by atoms with Crippen LogP contribution in [-0.2, 0) is 0 Å². The fourth-order valence-electron chi connectivity index (χ4n) is 2.16. The summed E-state index contributed by atoms with van der Waals surface area (Å²) in [5, 5.41) is 7.83. The molecule has 2 rings (SSSR count). The molecule has 2 heterocycles. The molecule has 2 aromatic rings. The van der Waals surface area contributed by atoms with E-state index in [2.05, 4.69) is 54.9 Å². The maximum atomic E-state index is 4.42. The Labute approximate surface area is 113 Å². The maximum Gasteiger partial charge on any atom is 0.0839 e. The van der Waals surface area contributed by atoms with E-state index in [9.17, 15) is 0 Å². The molecule has 3 nitrogen and oxygen atoms in total. The molecule has 0 amide bonds. The summed E-state index contributed by atoms with van der Waals surface area (Å²) in [6.07, 6.45) is 1.88. The summed E-state index contributed by atoms with van der Waals surface area (Å²) in [5.74, 6) is 0. The minimum Gasteiger partial charge on any atom is -0.307 e. The molecule has 0 aliphatic heterocycles. The van der Waals surface area contributed by atoms with E-state index in [1.807, 2.05) is 24.6 Å². The van der Waals surface area contributed by atoms with Crippen molar-refractivity contribution in [3.63, 3.8) is 0 Å². The average molecular weight is 263 g/mol. The summed E-state index contributed by atoms with van der Waals surface area (Å²) < 4.78 is 2.09. The second-order valence-corrected chi connectivity index (χ2v) is 6.19. The van der Waals surface area contributed by atoms with Gasteiger partial charge in [0.1, 0.15) is 0 Å². The van der Waals surface area contributed by atoms with Gasteiger partial charge in [-0.1, -0.05) is 0 Å². The van der Waals surface area contributed by atoms with Crippen molar-refractivity contribution in [1.29, 1.82) is 0 Å². The lowest BCUT2D eigenvalue weighted by atomic mass is 10.1. The first-order valence-corrected chi connectivity index (χ1v) is 7.13. The topological polar surface area (TPSA) is 29.9 Å². The Kier molecular flexibility index (Phi) is 3.88. The van der Waals surface area contributed by atoms with E-state index in [-0.39, 0.29) is 6.04 Å². The fraction of sp³-hybridized carbons (Fsp3) is 0.500. The van der Waals surface area contributed by atoms with Crippen molar-refractivity contribution in [2.75, 3.05) is 7.05 Å². The fourth-order valence-corrected chi connectivity index (χ4v) is 3.33. The van der Waals surface area contributed by atoms with Gasteiger partial charge in [-0.25, -0.2) is 0 Å². The van der Waals surface area contributed by atoms with Gasteiger partial charge in [0, 0.05) is 22.0 Å². The number of nitrogens with one attached hydrogen (secondary N) is 1. The molecule has 18 heavy (non-hydrogen) atoms. The summed E-state index contributed by atoms with van der Waals surface area (Å²) in [5.41, 5.74) is 2.60. The SMILES string of the molecule is CNC(c1cc(C)c(C)s1)c1ccnn1C(C)C. The lowest BCUT2D eigenvalue weighted by molar-refractivity contribution is 0.486. The zero-order valence-corrected chi connectivity index (χ0v) is 12.5. The van der Waals surface area contributed by atoms with Crippen molar-refractivity contribution in [3.05, 3.63) is 39.3 Å². The molecule has 0 aromatic carbocycles. The minimum absolute atomic E-state index is 0.229. The third-order valence-electron chi connectivity index (χ3n) is 3.24. The third kappa shape index (κ3) is 2.35. The lowest BCUT2D eigenvalue weighted by Gasteiger charge is -2.18. The highest BCUT2D eigenvalue weighted by molar-refractivity contribution is 7.12. The smallest absolute Gasteiger partial charge is 0.0839 e. The summed E-state index contributed by atoms with van der Waals surface area (Å²) in [6.45, 7) is 8.67. The lowest BCUT2D eigenvalue weighted by Crippen LogP contribution is -2.21. The van der Waals surface area contributed by atoms with Crippen LogP contribution in [0.5, 0.6) is 0 Å². The van der Waals surface area contributed by atoms with Crippen LogP contribution in [0.1, 0.15) is 46.9 Å². The number of thiophene rings is 1. The van der Waals surface area contributed by atoms with Crippen LogP contribution in [0.4, 0.5) is 0 Å². The van der Waals surface area contributed by atoms with Crippen LogP contribution in [-0.4, -0.2) is 16.8 Å². The number of rotatable bonds is 4. The van der Waals surface area contributed by atoms with Crippen molar-refractivity contribution in [2.45, 2.75) is 39.8 Å². The third-order valence-corrected chi connectivity index (χ3v) is 4.46. The Hall–Kier alpha value is -1.13. The highest BCUT2D eigenvalue weighted by Gasteiger charge is 2.20. The standard InChI is InChI=1S/C14H21N3S/c1-9(2)17-12(6-7-16-17)14(15-5)13-8-10(3)11(4)18-13/h6-9,14-15H,1-5H3. The van der Waals surface area contributed by atoms with E-state index in [0.717, 1.165) is 0 Å². The van der Waals surface area contributed by atoms with Crippen LogP contribution >= 0.6 is 11.3 Å². The van der Waals surface area contributed by atoms with E-state index in [4.69, 9.17) is 0 Å².